The van der Waals surface area contributed by atoms with Crippen molar-refractivity contribution in [1.82, 2.24) is 0 Å². The Kier molecular flexibility index (Phi) is 5.64. The van der Waals surface area contributed by atoms with E-state index in [-0.39, 0.29) is 11.6 Å². The molecule has 0 aliphatic heterocycles. The number of aliphatic hydroxyl groups is 1. The minimum atomic E-state index is -0.537. The summed E-state index contributed by atoms with van der Waals surface area (Å²) in [5, 5.41) is 9.95. The first-order valence-corrected chi connectivity index (χ1v) is 7.44. The van der Waals surface area contributed by atoms with Gasteiger partial charge in [-0.25, -0.2) is 4.39 Å². The van der Waals surface area contributed by atoms with Crippen LogP contribution in [0.2, 0.25) is 5.02 Å². The number of rotatable bonds is 6. The standard InChI is InChI=1S/C15H21ClFNO2/c16-14-6-5-13(8-15(14)17)20-9-12(19)4-2-10-1-3-11(18)7-10/h5-6,8,10-12,19H,1-4,7,9,18H2/t10-,11+,12?/m1/s1. The molecule has 2 rings (SSSR count). The van der Waals surface area contributed by atoms with Crippen LogP contribution in [-0.4, -0.2) is 23.9 Å². The van der Waals surface area contributed by atoms with Crippen molar-refractivity contribution in [1.29, 1.82) is 0 Å². The summed E-state index contributed by atoms with van der Waals surface area (Å²) in [5.41, 5.74) is 5.86. The van der Waals surface area contributed by atoms with Crippen LogP contribution in [0.4, 0.5) is 4.39 Å². The minimum absolute atomic E-state index is 0.0653. The molecule has 0 radical (unpaired) electrons. The third-order valence-electron chi connectivity index (χ3n) is 3.82. The van der Waals surface area contributed by atoms with Crippen LogP contribution in [0.15, 0.2) is 18.2 Å². The topological polar surface area (TPSA) is 55.5 Å². The monoisotopic (exact) mass is 301 g/mol. The van der Waals surface area contributed by atoms with Gasteiger partial charge in [0, 0.05) is 12.1 Å². The van der Waals surface area contributed by atoms with E-state index in [2.05, 4.69) is 0 Å². The Balaban J connectivity index is 1.69. The van der Waals surface area contributed by atoms with Crippen LogP contribution in [0.25, 0.3) is 0 Å². The van der Waals surface area contributed by atoms with Crippen LogP contribution in [0.3, 0.4) is 0 Å². The molecule has 0 amide bonds. The number of benzene rings is 1. The fraction of sp³-hybridized carbons (Fsp3) is 0.600. The summed E-state index contributed by atoms with van der Waals surface area (Å²) in [4.78, 5) is 0. The molecule has 1 aliphatic rings. The fourth-order valence-corrected chi connectivity index (χ4v) is 2.76. The quantitative estimate of drug-likeness (QED) is 0.849. The summed E-state index contributed by atoms with van der Waals surface area (Å²) in [6.07, 6.45) is 4.40. The van der Waals surface area contributed by atoms with Crippen molar-refractivity contribution in [2.75, 3.05) is 6.61 Å². The Bertz CT molecular complexity index is 444. The van der Waals surface area contributed by atoms with Crippen LogP contribution < -0.4 is 10.5 Å². The van der Waals surface area contributed by atoms with E-state index in [9.17, 15) is 9.50 Å². The Morgan fingerprint density at radius 1 is 1.45 bits per heavy atom. The van der Waals surface area contributed by atoms with E-state index in [1.54, 1.807) is 6.07 Å². The van der Waals surface area contributed by atoms with Crippen LogP contribution in [0, 0.1) is 11.7 Å². The maximum atomic E-state index is 13.2. The second kappa shape index (κ2) is 7.25. The molecule has 3 nitrogen and oxygen atoms in total. The number of nitrogens with two attached hydrogens (primary N) is 1. The lowest BCUT2D eigenvalue weighted by molar-refractivity contribution is 0.0936. The number of aliphatic hydroxyl groups excluding tert-OH is 1. The SMILES string of the molecule is N[C@H]1CC[C@H](CCC(O)COc2ccc(Cl)c(F)c2)C1. The predicted octanol–water partition coefficient (Wildman–Crippen LogP) is 3.13. The maximum Gasteiger partial charge on any atom is 0.145 e. The molecular weight excluding hydrogens is 281 g/mol. The van der Waals surface area contributed by atoms with E-state index in [0.29, 0.717) is 24.1 Å². The molecule has 1 unspecified atom stereocenters. The van der Waals surface area contributed by atoms with E-state index in [1.807, 2.05) is 0 Å². The molecule has 1 aliphatic carbocycles. The summed E-state index contributed by atoms with van der Waals surface area (Å²) in [7, 11) is 0. The van der Waals surface area contributed by atoms with Crippen LogP contribution in [0.1, 0.15) is 32.1 Å². The molecule has 3 N–H and O–H groups in total. The highest BCUT2D eigenvalue weighted by Gasteiger charge is 2.22. The third kappa shape index (κ3) is 4.62. The molecule has 1 aromatic carbocycles. The zero-order chi connectivity index (χ0) is 14.5. The van der Waals surface area contributed by atoms with Gasteiger partial charge in [-0.2, -0.15) is 0 Å². The number of ether oxygens (including phenoxy) is 1. The van der Waals surface area contributed by atoms with Crippen LogP contribution in [-0.2, 0) is 0 Å². The molecule has 0 bridgehead atoms. The number of halogens is 2. The highest BCUT2D eigenvalue weighted by Crippen LogP contribution is 2.28. The average molecular weight is 302 g/mol. The van der Waals surface area contributed by atoms with E-state index < -0.39 is 11.9 Å². The minimum Gasteiger partial charge on any atom is -0.491 e. The van der Waals surface area contributed by atoms with Crippen LogP contribution >= 0.6 is 11.6 Å². The van der Waals surface area contributed by atoms with Crippen LogP contribution in [0.5, 0.6) is 5.75 Å². The largest absolute Gasteiger partial charge is 0.491 e. The normalized spacial score (nSPS) is 23.8. The highest BCUT2D eigenvalue weighted by molar-refractivity contribution is 6.30. The maximum absolute atomic E-state index is 13.2. The molecular formula is C15H21ClFNO2. The van der Waals surface area contributed by atoms with Gasteiger partial charge in [-0.15, -0.1) is 0 Å². The van der Waals surface area contributed by atoms with Gasteiger partial charge in [0.2, 0.25) is 0 Å². The summed E-state index contributed by atoms with van der Waals surface area (Å²) in [6, 6.07) is 4.59. The van der Waals surface area contributed by atoms with Crippen molar-refractivity contribution < 1.29 is 14.2 Å². The lowest BCUT2D eigenvalue weighted by Crippen LogP contribution is -2.19. The third-order valence-corrected chi connectivity index (χ3v) is 4.13. The zero-order valence-corrected chi connectivity index (χ0v) is 12.2. The summed E-state index contributed by atoms with van der Waals surface area (Å²) in [5.74, 6) is 0.486. The van der Waals surface area contributed by atoms with Crippen molar-refractivity contribution in [3.8, 4) is 5.75 Å². The lowest BCUT2D eigenvalue weighted by Gasteiger charge is -2.15. The average Bonchev–Trinajstić information content (AvgIpc) is 2.83. The Hall–Kier alpha value is -0.840. The first-order valence-electron chi connectivity index (χ1n) is 7.06. The number of hydrogen-bond donors (Lipinski definition) is 2. The van der Waals surface area contributed by atoms with Crippen molar-refractivity contribution in [3.05, 3.63) is 29.0 Å². The Labute approximate surface area is 123 Å². The smallest absolute Gasteiger partial charge is 0.145 e. The number of hydrogen-bond acceptors (Lipinski definition) is 3. The molecule has 3 atom stereocenters. The van der Waals surface area contributed by atoms with Gasteiger partial charge in [-0.05, 0) is 50.2 Å². The van der Waals surface area contributed by atoms with E-state index in [0.717, 1.165) is 25.7 Å². The second-order valence-corrected chi connectivity index (χ2v) is 5.96. The van der Waals surface area contributed by atoms with Gasteiger partial charge in [0.15, 0.2) is 0 Å². The van der Waals surface area contributed by atoms with Crippen molar-refractivity contribution in [3.63, 3.8) is 0 Å². The molecule has 20 heavy (non-hydrogen) atoms. The lowest BCUT2D eigenvalue weighted by atomic mass is 9.99. The molecule has 112 valence electrons. The first kappa shape index (κ1) is 15.5. The molecule has 0 heterocycles. The van der Waals surface area contributed by atoms with Gasteiger partial charge in [0.1, 0.15) is 18.2 Å². The molecule has 1 saturated carbocycles. The molecule has 0 spiro atoms. The Morgan fingerprint density at radius 2 is 2.25 bits per heavy atom. The van der Waals surface area contributed by atoms with Gasteiger partial charge >= 0.3 is 0 Å². The van der Waals surface area contributed by atoms with Crippen molar-refractivity contribution in [2.45, 2.75) is 44.2 Å². The van der Waals surface area contributed by atoms with Gasteiger partial charge < -0.3 is 15.6 Å². The van der Waals surface area contributed by atoms with Gasteiger partial charge in [-0.3, -0.25) is 0 Å². The second-order valence-electron chi connectivity index (χ2n) is 5.56. The zero-order valence-electron chi connectivity index (χ0n) is 11.4. The first-order chi connectivity index (χ1) is 9.54. The predicted molar refractivity (Wildman–Crippen MR) is 77.5 cm³/mol. The summed E-state index contributed by atoms with van der Waals surface area (Å²) >= 11 is 5.59. The van der Waals surface area contributed by atoms with E-state index in [4.69, 9.17) is 22.1 Å². The fourth-order valence-electron chi connectivity index (χ4n) is 2.65. The summed E-state index contributed by atoms with van der Waals surface area (Å²) < 4.78 is 18.6. The molecule has 0 saturated heterocycles. The van der Waals surface area contributed by atoms with Gasteiger partial charge in [0.05, 0.1) is 11.1 Å². The van der Waals surface area contributed by atoms with Gasteiger partial charge in [-0.1, -0.05) is 11.6 Å². The molecule has 1 aromatic rings. The highest BCUT2D eigenvalue weighted by atomic mass is 35.5. The van der Waals surface area contributed by atoms with Crippen molar-refractivity contribution >= 4 is 11.6 Å². The molecule has 1 fully saturated rings. The Morgan fingerprint density at radius 3 is 2.90 bits per heavy atom. The van der Waals surface area contributed by atoms with Gasteiger partial charge in [0.25, 0.3) is 0 Å². The molecule has 0 aromatic heterocycles. The summed E-state index contributed by atoms with van der Waals surface area (Å²) in [6.45, 7) is 0.167. The van der Waals surface area contributed by atoms with E-state index >= 15 is 0 Å². The van der Waals surface area contributed by atoms with E-state index in [1.165, 1.54) is 12.1 Å². The van der Waals surface area contributed by atoms with Crippen molar-refractivity contribution in [2.24, 2.45) is 11.7 Å². The molecule has 5 heteroatoms.